The van der Waals surface area contributed by atoms with Crippen molar-refractivity contribution < 1.29 is 23.8 Å². The van der Waals surface area contributed by atoms with Gasteiger partial charge in [-0.3, -0.25) is 4.79 Å². The van der Waals surface area contributed by atoms with Crippen LogP contribution in [0.4, 0.5) is 4.39 Å². The minimum Gasteiger partial charge on any atom is -0.481 e. The van der Waals surface area contributed by atoms with Crippen molar-refractivity contribution in [2.24, 2.45) is 0 Å². The highest BCUT2D eigenvalue weighted by Gasteiger charge is 2.47. The van der Waals surface area contributed by atoms with Crippen molar-refractivity contribution in [2.75, 3.05) is 6.54 Å². The highest BCUT2D eigenvalue weighted by atomic mass is 19.1. The number of carboxylic acid groups (broad SMARTS) is 1. The number of ether oxygens (including phenoxy) is 1. The molecule has 2 atom stereocenters. The second kappa shape index (κ2) is 5.71. The molecule has 0 bridgehead atoms. The molecule has 1 aromatic carbocycles. The first kappa shape index (κ1) is 15.3. The lowest BCUT2D eigenvalue weighted by Crippen LogP contribution is -2.54. The molecule has 21 heavy (non-hydrogen) atoms. The van der Waals surface area contributed by atoms with E-state index in [9.17, 15) is 19.1 Å². The number of carbonyl (C=O) groups is 2. The van der Waals surface area contributed by atoms with Gasteiger partial charge in [0.15, 0.2) is 6.10 Å². The lowest BCUT2D eigenvalue weighted by molar-refractivity contribution is -0.157. The Morgan fingerprint density at radius 3 is 2.81 bits per heavy atom. The number of benzene rings is 1. The van der Waals surface area contributed by atoms with E-state index in [-0.39, 0.29) is 5.75 Å². The third kappa shape index (κ3) is 2.99. The minimum atomic E-state index is -1.20. The van der Waals surface area contributed by atoms with Gasteiger partial charge in [-0.15, -0.1) is 0 Å². The summed E-state index contributed by atoms with van der Waals surface area (Å²) in [6.45, 7) is 3.46. The van der Waals surface area contributed by atoms with E-state index >= 15 is 0 Å². The number of rotatable bonds is 4. The lowest BCUT2D eigenvalue weighted by Gasteiger charge is -2.33. The van der Waals surface area contributed by atoms with E-state index in [2.05, 4.69) is 0 Å². The molecule has 1 aromatic rings. The van der Waals surface area contributed by atoms with Crippen molar-refractivity contribution in [3.63, 3.8) is 0 Å². The molecular weight excluding hydrogens is 277 g/mol. The van der Waals surface area contributed by atoms with Crippen LogP contribution in [-0.2, 0) is 9.59 Å². The molecule has 1 amide bonds. The maximum atomic E-state index is 13.1. The Hall–Kier alpha value is -2.11. The van der Waals surface area contributed by atoms with Gasteiger partial charge in [0.05, 0.1) is 0 Å². The molecule has 0 spiro atoms. The molecule has 5 nitrogen and oxygen atoms in total. The number of aliphatic carboxylic acids is 1. The van der Waals surface area contributed by atoms with Gasteiger partial charge in [0.25, 0.3) is 5.91 Å². The average molecular weight is 295 g/mol. The second-order valence-corrected chi connectivity index (χ2v) is 5.39. The van der Waals surface area contributed by atoms with E-state index in [4.69, 9.17) is 4.74 Å². The predicted molar refractivity (Wildman–Crippen MR) is 73.5 cm³/mol. The Bertz CT molecular complexity index is 562. The number of halogens is 1. The fraction of sp³-hybridized carbons (Fsp3) is 0.467. The smallest absolute Gasteiger partial charge is 0.329 e. The summed E-state index contributed by atoms with van der Waals surface area (Å²) in [6, 6.07) is 5.50. The number of carboxylic acids is 1. The first-order valence-electron chi connectivity index (χ1n) is 6.82. The highest BCUT2D eigenvalue weighted by molar-refractivity contribution is 5.89. The molecule has 1 aliphatic heterocycles. The minimum absolute atomic E-state index is 0.243. The SMILES string of the molecule is CC(Oc1cccc(F)c1)C(=O)N1CCCC1(C)C(=O)O. The van der Waals surface area contributed by atoms with Crippen LogP contribution in [-0.4, -0.2) is 40.1 Å². The van der Waals surface area contributed by atoms with Crippen LogP contribution in [0.1, 0.15) is 26.7 Å². The standard InChI is InChI=1S/C15H18FNO4/c1-10(21-12-6-3-5-11(16)9-12)13(18)17-8-4-7-15(17,2)14(19)20/h3,5-6,9-10H,4,7-8H2,1-2H3,(H,19,20). The topological polar surface area (TPSA) is 66.8 Å². The third-order valence-corrected chi connectivity index (χ3v) is 3.82. The molecule has 0 aliphatic carbocycles. The van der Waals surface area contributed by atoms with E-state index in [1.54, 1.807) is 6.07 Å². The molecule has 0 saturated carbocycles. The highest BCUT2D eigenvalue weighted by Crippen LogP contribution is 2.30. The second-order valence-electron chi connectivity index (χ2n) is 5.39. The first-order valence-corrected chi connectivity index (χ1v) is 6.82. The quantitative estimate of drug-likeness (QED) is 0.923. The molecule has 1 saturated heterocycles. The molecule has 1 aliphatic rings. The summed E-state index contributed by atoms with van der Waals surface area (Å²) >= 11 is 0. The van der Waals surface area contributed by atoms with Crippen molar-refractivity contribution in [1.29, 1.82) is 0 Å². The van der Waals surface area contributed by atoms with Gasteiger partial charge in [-0.25, -0.2) is 9.18 Å². The van der Waals surface area contributed by atoms with Crippen molar-refractivity contribution in [3.05, 3.63) is 30.1 Å². The summed E-state index contributed by atoms with van der Waals surface area (Å²) in [6.07, 6.45) is 0.186. The van der Waals surface area contributed by atoms with Crippen LogP contribution < -0.4 is 4.74 Å². The molecular formula is C15H18FNO4. The van der Waals surface area contributed by atoms with Gasteiger partial charge in [0.1, 0.15) is 17.1 Å². The van der Waals surface area contributed by atoms with Gasteiger partial charge in [-0.05, 0) is 38.8 Å². The maximum absolute atomic E-state index is 13.1. The van der Waals surface area contributed by atoms with Crippen LogP contribution in [0.2, 0.25) is 0 Å². The van der Waals surface area contributed by atoms with E-state index in [1.165, 1.54) is 36.9 Å². The van der Waals surface area contributed by atoms with Gasteiger partial charge < -0.3 is 14.7 Å². The third-order valence-electron chi connectivity index (χ3n) is 3.82. The average Bonchev–Trinajstić information content (AvgIpc) is 2.81. The zero-order chi connectivity index (χ0) is 15.6. The van der Waals surface area contributed by atoms with Crippen molar-refractivity contribution in [2.45, 2.75) is 38.3 Å². The summed E-state index contributed by atoms with van der Waals surface area (Å²) in [5.74, 6) is -1.64. The fourth-order valence-electron chi connectivity index (χ4n) is 2.55. The molecule has 6 heteroatoms. The Morgan fingerprint density at radius 1 is 1.48 bits per heavy atom. The van der Waals surface area contributed by atoms with Crippen LogP contribution in [0.15, 0.2) is 24.3 Å². The van der Waals surface area contributed by atoms with E-state index < -0.39 is 29.3 Å². The summed E-state index contributed by atoms with van der Waals surface area (Å²) < 4.78 is 18.5. The number of hydrogen-bond acceptors (Lipinski definition) is 3. The van der Waals surface area contributed by atoms with Crippen LogP contribution >= 0.6 is 0 Å². The summed E-state index contributed by atoms with van der Waals surface area (Å²) in [4.78, 5) is 25.1. The van der Waals surface area contributed by atoms with Gasteiger partial charge in [-0.1, -0.05) is 6.07 Å². The number of likely N-dealkylation sites (tertiary alicyclic amines) is 1. The molecule has 0 aromatic heterocycles. The summed E-state index contributed by atoms with van der Waals surface area (Å²) in [7, 11) is 0. The fourth-order valence-corrected chi connectivity index (χ4v) is 2.55. The Kier molecular flexibility index (Phi) is 4.16. The lowest BCUT2D eigenvalue weighted by atomic mass is 9.99. The number of hydrogen-bond donors (Lipinski definition) is 1. The number of carbonyl (C=O) groups excluding carboxylic acids is 1. The Balaban J connectivity index is 2.10. The van der Waals surface area contributed by atoms with Gasteiger partial charge >= 0.3 is 5.97 Å². The van der Waals surface area contributed by atoms with Crippen LogP contribution in [0.5, 0.6) is 5.75 Å². The zero-order valence-electron chi connectivity index (χ0n) is 12.0. The van der Waals surface area contributed by atoms with Crippen LogP contribution in [0, 0.1) is 5.82 Å². The van der Waals surface area contributed by atoms with E-state index in [0.717, 1.165) is 0 Å². The molecule has 1 fully saturated rings. The largest absolute Gasteiger partial charge is 0.481 e. The Morgan fingerprint density at radius 2 is 2.19 bits per heavy atom. The normalized spacial score (nSPS) is 22.9. The van der Waals surface area contributed by atoms with Crippen molar-refractivity contribution >= 4 is 11.9 Å². The predicted octanol–water partition coefficient (Wildman–Crippen LogP) is 2.06. The van der Waals surface area contributed by atoms with Gasteiger partial charge in [0.2, 0.25) is 0 Å². The van der Waals surface area contributed by atoms with Crippen molar-refractivity contribution in [1.82, 2.24) is 4.90 Å². The summed E-state index contributed by atoms with van der Waals surface area (Å²) in [5, 5.41) is 9.32. The molecule has 1 N–H and O–H groups in total. The van der Waals surface area contributed by atoms with Crippen LogP contribution in [0.25, 0.3) is 0 Å². The molecule has 1 heterocycles. The van der Waals surface area contributed by atoms with E-state index in [0.29, 0.717) is 19.4 Å². The molecule has 0 radical (unpaired) electrons. The molecule has 114 valence electrons. The van der Waals surface area contributed by atoms with E-state index in [1.807, 2.05) is 0 Å². The maximum Gasteiger partial charge on any atom is 0.329 e. The summed E-state index contributed by atoms with van der Waals surface area (Å²) in [5.41, 5.74) is -1.20. The zero-order valence-corrected chi connectivity index (χ0v) is 12.0. The Labute approximate surface area is 122 Å². The van der Waals surface area contributed by atoms with Crippen LogP contribution in [0.3, 0.4) is 0 Å². The monoisotopic (exact) mass is 295 g/mol. The molecule has 2 unspecified atom stereocenters. The van der Waals surface area contributed by atoms with Gasteiger partial charge in [0, 0.05) is 12.6 Å². The molecule has 2 rings (SSSR count). The van der Waals surface area contributed by atoms with Crippen molar-refractivity contribution in [3.8, 4) is 5.75 Å². The number of nitrogens with zero attached hydrogens (tertiary/aromatic N) is 1. The van der Waals surface area contributed by atoms with Gasteiger partial charge in [-0.2, -0.15) is 0 Å². The first-order chi connectivity index (χ1) is 9.84. The number of amides is 1.